The van der Waals surface area contributed by atoms with Gasteiger partial charge >= 0.3 is 0 Å². The summed E-state index contributed by atoms with van der Waals surface area (Å²) in [6.07, 6.45) is 2.15. The Kier molecular flexibility index (Phi) is 9.19. The van der Waals surface area contributed by atoms with Gasteiger partial charge in [-0.05, 0) is 62.7 Å². The number of nitrogens with zero attached hydrogens (tertiary/aromatic N) is 1. The van der Waals surface area contributed by atoms with Crippen molar-refractivity contribution in [3.63, 3.8) is 0 Å². The van der Waals surface area contributed by atoms with E-state index in [1.54, 1.807) is 25.3 Å². The molecule has 174 valence electrons. The van der Waals surface area contributed by atoms with Crippen LogP contribution >= 0.6 is 0 Å². The number of rotatable bonds is 11. The molecule has 0 radical (unpaired) electrons. The van der Waals surface area contributed by atoms with E-state index in [2.05, 4.69) is 17.3 Å². The van der Waals surface area contributed by atoms with Crippen LogP contribution in [0.1, 0.15) is 35.7 Å². The molecule has 2 aromatic carbocycles. The van der Waals surface area contributed by atoms with Crippen molar-refractivity contribution in [1.29, 1.82) is 0 Å². The van der Waals surface area contributed by atoms with Crippen LogP contribution in [0.15, 0.2) is 42.5 Å². The highest BCUT2D eigenvalue weighted by molar-refractivity contribution is 5.94. The minimum Gasteiger partial charge on any atom is -0.493 e. The maximum Gasteiger partial charge on any atom is 0.251 e. The van der Waals surface area contributed by atoms with Crippen LogP contribution in [0.3, 0.4) is 0 Å². The lowest BCUT2D eigenvalue weighted by Gasteiger charge is -2.31. The van der Waals surface area contributed by atoms with E-state index in [0.29, 0.717) is 42.9 Å². The molecule has 0 saturated carbocycles. The molecule has 32 heavy (non-hydrogen) atoms. The first kappa shape index (κ1) is 23.9. The molecule has 1 aliphatic rings. The van der Waals surface area contributed by atoms with Crippen LogP contribution < -0.4 is 19.5 Å². The predicted molar refractivity (Wildman–Crippen MR) is 124 cm³/mol. The molecule has 7 heteroatoms. The SMILES string of the molecule is CCOc1cc(C(=O)NCc2cccc(OCCN(C)C3CCOCC3)c2)ccc1OC. The van der Waals surface area contributed by atoms with Crippen molar-refractivity contribution in [1.82, 2.24) is 10.2 Å². The molecule has 2 aromatic rings. The Bertz CT molecular complexity index is 867. The lowest BCUT2D eigenvalue weighted by atomic mass is 10.1. The largest absolute Gasteiger partial charge is 0.493 e. The monoisotopic (exact) mass is 442 g/mol. The lowest BCUT2D eigenvalue weighted by Crippen LogP contribution is -2.38. The summed E-state index contributed by atoms with van der Waals surface area (Å²) >= 11 is 0. The Labute approximate surface area is 190 Å². The van der Waals surface area contributed by atoms with Gasteiger partial charge in [-0.2, -0.15) is 0 Å². The minimum absolute atomic E-state index is 0.169. The van der Waals surface area contributed by atoms with Crippen LogP contribution in [0.5, 0.6) is 17.2 Å². The fourth-order valence-electron chi connectivity index (χ4n) is 3.73. The van der Waals surface area contributed by atoms with Gasteiger partial charge < -0.3 is 24.3 Å². The van der Waals surface area contributed by atoms with E-state index in [4.69, 9.17) is 18.9 Å². The molecule has 3 rings (SSSR count). The summed E-state index contributed by atoms with van der Waals surface area (Å²) in [5, 5.41) is 2.96. The van der Waals surface area contributed by atoms with Gasteiger partial charge in [0.2, 0.25) is 0 Å². The first-order valence-electron chi connectivity index (χ1n) is 11.2. The molecule has 1 heterocycles. The molecule has 0 bridgehead atoms. The highest BCUT2D eigenvalue weighted by atomic mass is 16.5. The van der Waals surface area contributed by atoms with Crippen LogP contribution in [-0.2, 0) is 11.3 Å². The summed E-state index contributed by atoms with van der Waals surface area (Å²) in [4.78, 5) is 14.9. The third-order valence-electron chi connectivity index (χ3n) is 5.60. The van der Waals surface area contributed by atoms with Crippen LogP contribution in [-0.4, -0.2) is 64.0 Å². The maximum absolute atomic E-state index is 12.6. The Morgan fingerprint density at radius 1 is 1.12 bits per heavy atom. The lowest BCUT2D eigenvalue weighted by molar-refractivity contribution is 0.0392. The minimum atomic E-state index is -0.169. The second kappa shape index (κ2) is 12.3. The first-order chi connectivity index (χ1) is 15.6. The number of hydrogen-bond acceptors (Lipinski definition) is 6. The number of carbonyl (C=O) groups is 1. The van der Waals surface area contributed by atoms with Gasteiger partial charge in [0.05, 0.1) is 13.7 Å². The zero-order valence-corrected chi connectivity index (χ0v) is 19.3. The van der Waals surface area contributed by atoms with Crippen molar-refractivity contribution in [3.05, 3.63) is 53.6 Å². The highest BCUT2D eigenvalue weighted by Gasteiger charge is 2.18. The smallest absolute Gasteiger partial charge is 0.251 e. The molecular formula is C25H34N2O5. The third kappa shape index (κ3) is 6.87. The van der Waals surface area contributed by atoms with Crippen molar-refractivity contribution in [2.45, 2.75) is 32.4 Å². The van der Waals surface area contributed by atoms with Gasteiger partial charge in [0.25, 0.3) is 5.91 Å². The number of carbonyl (C=O) groups excluding carboxylic acids is 1. The van der Waals surface area contributed by atoms with E-state index in [9.17, 15) is 4.79 Å². The average molecular weight is 443 g/mol. The second-order valence-corrected chi connectivity index (χ2v) is 7.80. The Morgan fingerprint density at radius 2 is 1.94 bits per heavy atom. The standard InChI is InChI=1S/C25H34N2O5/c1-4-31-24-17-20(8-9-23(24)29-3)25(28)26-18-19-6-5-7-22(16-19)32-15-12-27(2)21-10-13-30-14-11-21/h5-9,16-17,21H,4,10-15,18H2,1-3H3,(H,26,28). The van der Waals surface area contributed by atoms with E-state index in [-0.39, 0.29) is 5.91 Å². The van der Waals surface area contributed by atoms with Crippen LogP contribution in [0, 0.1) is 0 Å². The normalized spacial score (nSPS) is 14.2. The fourth-order valence-corrected chi connectivity index (χ4v) is 3.73. The zero-order chi connectivity index (χ0) is 22.8. The molecular weight excluding hydrogens is 408 g/mol. The van der Waals surface area contributed by atoms with E-state index >= 15 is 0 Å². The molecule has 1 saturated heterocycles. The fraction of sp³-hybridized carbons (Fsp3) is 0.480. The molecule has 0 atom stereocenters. The van der Waals surface area contributed by atoms with Crippen molar-refractivity contribution in [3.8, 4) is 17.2 Å². The third-order valence-corrected chi connectivity index (χ3v) is 5.60. The van der Waals surface area contributed by atoms with E-state index < -0.39 is 0 Å². The molecule has 7 nitrogen and oxygen atoms in total. The zero-order valence-electron chi connectivity index (χ0n) is 19.3. The van der Waals surface area contributed by atoms with Gasteiger partial charge in [-0.25, -0.2) is 0 Å². The molecule has 0 aliphatic carbocycles. The highest BCUT2D eigenvalue weighted by Crippen LogP contribution is 2.28. The summed E-state index contributed by atoms with van der Waals surface area (Å²) in [6, 6.07) is 13.6. The van der Waals surface area contributed by atoms with E-state index in [1.165, 1.54) is 0 Å². The Morgan fingerprint density at radius 3 is 2.69 bits per heavy atom. The van der Waals surface area contributed by atoms with E-state index in [0.717, 1.165) is 43.9 Å². The van der Waals surface area contributed by atoms with E-state index in [1.807, 2.05) is 31.2 Å². The molecule has 0 spiro atoms. The molecule has 0 aromatic heterocycles. The topological polar surface area (TPSA) is 69.3 Å². The van der Waals surface area contributed by atoms with Crippen molar-refractivity contribution in [2.24, 2.45) is 0 Å². The van der Waals surface area contributed by atoms with Crippen molar-refractivity contribution < 1.29 is 23.7 Å². The molecule has 1 amide bonds. The van der Waals surface area contributed by atoms with Gasteiger partial charge in [0.15, 0.2) is 11.5 Å². The van der Waals surface area contributed by atoms with Gasteiger partial charge in [-0.15, -0.1) is 0 Å². The van der Waals surface area contributed by atoms with Crippen LogP contribution in [0.4, 0.5) is 0 Å². The number of hydrogen-bond donors (Lipinski definition) is 1. The van der Waals surface area contributed by atoms with Gasteiger partial charge in [0.1, 0.15) is 12.4 Å². The van der Waals surface area contributed by atoms with Crippen LogP contribution in [0.25, 0.3) is 0 Å². The number of methoxy groups -OCH3 is 1. The predicted octanol–water partition coefficient (Wildman–Crippen LogP) is 3.51. The van der Waals surface area contributed by atoms with Gasteiger partial charge in [-0.3, -0.25) is 9.69 Å². The summed E-state index contributed by atoms with van der Waals surface area (Å²) in [7, 11) is 3.72. The first-order valence-corrected chi connectivity index (χ1v) is 11.2. The summed E-state index contributed by atoms with van der Waals surface area (Å²) in [6.45, 7) is 5.97. The molecule has 1 aliphatic heterocycles. The Hall–Kier alpha value is -2.77. The Balaban J connectivity index is 1.49. The van der Waals surface area contributed by atoms with Gasteiger partial charge in [-0.1, -0.05) is 12.1 Å². The van der Waals surface area contributed by atoms with Crippen molar-refractivity contribution >= 4 is 5.91 Å². The molecule has 1 fully saturated rings. The maximum atomic E-state index is 12.6. The number of benzene rings is 2. The molecule has 0 unspecified atom stereocenters. The molecule has 1 N–H and O–H groups in total. The average Bonchev–Trinajstić information content (AvgIpc) is 2.83. The van der Waals surface area contributed by atoms with Gasteiger partial charge in [0, 0.05) is 37.9 Å². The second-order valence-electron chi connectivity index (χ2n) is 7.80. The number of likely N-dealkylation sites (N-methyl/N-ethyl adjacent to an activating group) is 1. The quantitative estimate of drug-likeness (QED) is 0.574. The number of amides is 1. The van der Waals surface area contributed by atoms with Crippen molar-refractivity contribution in [2.75, 3.05) is 47.1 Å². The summed E-state index contributed by atoms with van der Waals surface area (Å²) in [5.41, 5.74) is 1.50. The number of nitrogens with one attached hydrogen (secondary N) is 1. The van der Waals surface area contributed by atoms with Crippen LogP contribution in [0.2, 0.25) is 0 Å². The number of ether oxygens (including phenoxy) is 4. The summed E-state index contributed by atoms with van der Waals surface area (Å²) < 4.78 is 22.2. The summed E-state index contributed by atoms with van der Waals surface area (Å²) in [5.74, 6) is 1.80.